The number of rotatable bonds is 8. The van der Waals surface area contributed by atoms with Gasteiger partial charge in [-0.1, -0.05) is 31.7 Å². The number of hydrogen-bond acceptors (Lipinski definition) is 8. The van der Waals surface area contributed by atoms with Crippen LogP contribution in [0.1, 0.15) is 19.4 Å². The highest BCUT2D eigenvalue weighted by atomic mass is 32.2. The molecule has 0 spiro atoms. The lowest BCUT2D eigenvalue weighted by molar-refractivity contribution is -0.113. The SMILES string of the molecule is Cc1ccc(S(=O)(=O)N2CCOCC2)cc1NC(=O)CSc1nnnn1CC(C)C. The lowest BCUT2D eigenvalue weighted by Crippen LogP contribution is -2.40. The molecule has 1 saturated heterocycles. The number of benzene rings is 1. The minimum atomic E-state index is -3.64. The zero-order valence-electron chi connectivity index (χ0n) is 17.2. The average molecular weight is 455 g/mol. The predicted octanol–water partition coefficient (Wildman–Crippen LogP) is 1.39. The van der Waals surface area contributed by atoms with Crippen molar-refractivity contribution in [3.05, 3.63) is 23.8 Å². The van der Waals surface area contributed by atoms with Crippen LogP contribution < -0.4 is 5.32 Å². The third-order valence-electron chi connectivity index (χ3n) is 4.46. The van der Waals surface area contributed by atoms with Gasteiger partial charge in [0.25, 0.3) is 0 Å². The number of aryl methyl sites for hydroxylation is 1. The highest BCUT2D eigenvalue weighted by Gasteiger charge is 2.27. The normalized spacial score (nSPS) is 15.5. The summed E-state index contributed by atoms with van der Waals surface area (Å²) in [7, 11) is -3.64. The van der Waals surface area contributed by atoms with E-state index in [1.54, 1.807) is 16.8 Å². The molecule has 0 saturated carbocycles. The highest BCUT2D eigenvalue weighted by Crippen LogP contribution is 2.24. The van der Waals surface area contributed by atoms with E-state index in [1.807, 2.05) is 6.92 Å². The Morgan fingerprint density at radius 3 is 2.73 bits per heavy atom. The molecule has 0 atom stereocenters. The standard InChI is InChI=1S/C18H26N6O4S2/c1-13(2)11-24-18(20-21-22-24)29-12-17(25)19-16-10-15(5-4-14(16)3)30(26,27)23-6-8-28-9-7-23/h4-5,10,13H,6-9,11-12H2,1-3H3,(H,19,25). The molecule has 1 aliphatic rings. The molecule has 30 heavy (non-hydrogen) atoms. The molecule has 0 aliphatic carbocycles. The van der Waals surface area contributed by atoms with Crippen molar-refractivity contribution in [1.29, 1.82) is 0 Å². The quantitative estimate of drug-likeness (QED) is 0.594. The lowest BCUT2D eigenvalue weighted by Gasteiger charge is -2.26. The molecule has 12 heteroatoms. The first-order valence-corrected chi connectivity index (χ1v) is 12.1. The van der Waals surface area contributed by atoms with Gasteiger partial charge in [0.05, 0.1) is 23.9 Å². The molecule has 3 rings (SSSR count). The van der Waals surface area contributed by atoms with Gasteiger partial charge in [-0.3, -0.25) is 4.79 Å². The number of morpholine rings is 1. The van der Waals surface area contributed by atoms with Crippen molar-refractivity contribution in [1.82, 2.24) is 24.5 Å². The molecule has 2 heterocycles. The van der Waals surface area contributed by atoms with Gasteiger partial charge in [-0.25, -0.2) is 13.1 Å². The van der Waals surface area contributed by atoms with Gasteiger partial charge in [0.15, 0.2) is 0 Å². The Morgan fingerprint density at radius 2 is 2.03 bits per heavy atom. The van der Waals surface area contributed by atoms with Crippen LogP contribution in [0.2, 0.25) is 0 Å². The summed E-state index contributed by atoms with van der Waals surface area (Å²) in [5, 5.41) is 14.9. The van der Waals surface area contributed by atoms with E-state index < -0.39 is 10.0 Å². The van der Waals surface area contributed by atoms with Gasteiger partial charge in [0.2, 0.25) is 21.1 Å². The minimum Gasteiger partial charge on any atom is -0.379 e. The maximum atomic E-state index is 12.9. The monoisotopic (exact) mass is 454 g/mol. The van der Waals surface area contributed by atoms with Crippen molar-refractivity contribution >= 4 is 33.4 Å². The second-order valence-corrected chi connectivity index (χ2v) is 10.2. The Kier molecular flexibility index (Phi) is 7.45. The summed E-state index contributed by atoms with van der Waals surface area (Å²) in [6.45, 7) is 7.99. The second kappa shape index (κ2) is 9.86. The van der Waals surface area contributed by atoms with Gasteiger partial charge in [0.1, 0.15) is 0 Å². The maximum absolute atomic E-state index is 12.9. The van der Waals surface area contributed by atoms with Crippen LogP contribution in [-0.2, 0) is 26.1 Å². The minimum absolute atomic E-state index is 0.109. The van der Waals surface area contributed by atoms with E-state index in [-0.39, 0.29) is 16.6 Å². The molecule has 0 bridgehead atoms. The molecular weight excluding hydrogens is 428 g/mol. The van der Waals surface area contributed by atoms with Crippen LogP contribution in [0, 0.1) is 12.8 Å². The molecule has 0 radical (unpaired) electrons. The van der Waals surface area contributed by atoms with Gasteiger partial charge in [-0.05, 0) is 41.0 Å². The molecule has 1 fully saturated rings. The zero-order chi connectivity index (χ0) is 21.7. The zero-order valence-corrected chi connectivity index (χ0v) is 18.9. The van der Waals surface area contributed by atoms with E-state index in [1.165, 1.54) is 22.1 Å². The van der Waals surface area contributed by atoms with E-state index in [2.05, 4.69) is 34.7 Å². The molecule has 0 unspecified atom stereocenters. The van der Waals surface area contributed by atoms with E-state index in [0.29, 0.717) is 49.6 Å². The van der Waals surface area contributed by atoms with Gasteiger partial charge < -0.3 is 10.1 Å². The number of sulfonamides is 1. The lowest BCUT2D eigenvalue weighted by atomic mass is 10.2. The van der Waals surface area contributed by atoms with Crippen LogP contribution in [0.4, 0.5) is 5.69 Å². The summed E-state index contributed by atoms with van der Waals surface area (Å²) >= 11 is 1.24. The number of carbonyl (C=O) groups excluding carboxylic acids is 1. The number of tetrazole rings is 1. The summed E-state index contributed by atoms with van der Waals surface area (Å²) < 4.78 is 34.0. The summed E-state index contributed by atoms with van der Waals surface area (Å²) in [4.78, 5) is 12.6. The van der Waals surface area contributed by atoms with Gasteiger partial charge in [0, 0.05) is 25.3 Å². The average Bonchev–Trinajstić information content (AvgIpc) is 3.15. The van der Waals surface area contributed by atoms with Crippen LogP contribution in [0.25, 0.3) is 0 Å². The Hall–Kier alpha value is -2.02. The van der Waals surface area contributed by atoms with Crippen molar-refractivity contribution in [3.63, 3.8) is 0 Å². The summed E-state index contributed by atoms with van der Waals surface area (Å²) in [6.07, 6.45) is 0. The van der Waals surface area contributed by atoms with E-state index >= 15 is 0 Å². The van der Waals surface area contributed by atoms with Crippen molar-refractivity contribution in [2.75, 3.05) is 37.4 Å². The van der Waals surface area contributed by atoms with Crippen molar-refractivity contribution in [2.24, 2.45) is 5.92 Å². The molecule has 1 N–H and O–H groups in total. The Balaban J connectivity index is 1.67. The van der Waals surface area contributed by atoms with E-state index in [9.17, 15) is 13.2 Å². The molecule has 10 nitrogen and oxygen atoms in total. The molecule has 1 aromatic heterocycles. The molecule has 164 valence electrons. The van der Waals surface area contributed by atoms with Gasteiger partial charge in [-0.15, -0.1) is 5.10 Å². The first-order valence-electron chi connectivity index (χ1n) is 9.64. The summed E-state index contributed by atoms with van der Waals surface area (Å²) in [6, 6.07) is 4.76. The largest absolute Gasteiger partial charge is 0.379 e. The second-order valence-electron chi connectivity index (χ2n) is 7.37. The third kappa shape index (κ3) is 5.56. The predicted molar refractivity (Wildman–Crippen MR) is 113 cm³/mol. The van der Waals surface area contributed by atoms with Gasteiger partial charge in [-0.2, -0.15) is 4.31 Å². The summed E-state index contributed by atoms with van der Waals surface area (Å²) in [5.74, 6) is 0.224. The summed E-state index contributed by atoms with van der Waals surface area (Å²) in [5.41, 5.74) is 1.25. The number of ether oxygens (including phenoxy) is 1. The fourth-order valence-corrected chi connectivity index (χ4v) is 5.03. The van der Waals surface area contributed by atoms with Crippen molar-refractivity contribution < 1.29 is 17.9 Å². The first kappa shape index (κ1) is 22.7. The van der Waals surface area contributed by atoms with Crippen LogP contribution >= 0.6 is 11.8 Å². The number of nitrogens with one attached hydrogen (secondary N) is 1. The van der Waals surface area contributed by atoms with Gasteiger partial charge >= 0.3 is 0 Å². The Labute approximate surface area is 180 Å². The number of amides is 1. The number of aromatic nitrogens is 4. The van der Waals surface area contributed by atoms with Crippen LogP contribution in [0.3, 0.4) is 0 Å². The molecular formula is C18H26N6O4S2. The Bertz CT molecular complexity index is 986. The number of carbonyl (C=O) groups is 1. The smallest absolute Gasteiger partial charge is 0.243 e. The number of thioether (sulfide) groups is 1. The molecule has 1 amide bonds. The highest BCUT2D eigenvalue weighted by molar-refractivity contribution is 7.99. The molecule has 1 aliphatic heterocycles. The van der Waals surface area contributed by atoms with E-state index in [4.69, 9.17) is 4.74 Å². The Morgan fingerprint density at radius 1 is 1.30 bits per heavy atom. The van der Waals surface area contributed by atoms with Crippen molar-refractivity contribution in [2.45, 2.75) is 37.4 Å². The fourth-order valence-electron chi connectivity index (χ4n) is 2.91. The van der Waals surface area contributed by atoms with Crippen LogP contribution in [0.15, 0.2) is 28.3 Å². The molecule has 2 aromatic rings. The fraction of sp³-hybridized carbons (Fsp3) is 0.556. The number of nitrogens with zero attached hydrogens (tertiary/aromatic N) is 5. The first-order chi connectivity index (χ1) is 14.3. The third-order valence-corrected chi connectivity index (χ3v) is 7.31. The maximum Gasteiger partial charge on any atom is 0.243 e. The molecule has 1 aromatic carbocycles. The van der Waals surface area contributed by atoms with Crippen LogP contribution in [-0.4, -0.2) is 70.9 Å². The van der Waals surface area contributed by atoms with Crippen LogP contribution in [0.5, 0.6) is 0 Å². The number of anilines is 1. The van der Waals surface area contributed by atoms with E-state index in [0.717, 1.165) is 5.56 Å². The number of hydrogen-bond donors (Lipinski definition) is 1. The topological polar surface area (TPSA) is 119 Å². The van der Waals surface area contributed by atoms with Crippen molar-refractivity contribution in [3.8, 4) is 0 Å².